The average molecular weight is 493 g/mol. The predicted molar refractivity (Wildman–Crippen MR) is 148 cm³/mol. The summed E-state index contributed by atoms with van der Waals surface area (Å²) in [6.07, 6.45) is 2.49. The normalized spacial score (nSPS) is 18.0. The zero-order chi connectivity index (χ0) is 25.8. The Hall–Kier alpha value is -3.76. The molecule has 6 heteroatoms. The van der Waals surface area contributed by atoms with Gasteiger partial charge in [0, 0.05) is 23.8 Å². The number of aliphatic hydroxyl groups excluding tert-OH is 1. The number of rotatable bonds is 7. The molecule has 3 aromatic carbocycles. The maximum Gasteiger partial charge on any atom is 0.238 e. The van der Waals surface area contributed by atoms with Crippen molar-refractivity contribution in [3.63, 3.8) is 0 Å². The number of hydrogen-bond acceptors (Lipinski definition) is 5. The van der Waals surface area contributed by atoms with Gasteiger partial charge in [0.05, 0.1) is 11.4 Å². The van der Waals surface area contributed by atoms with Crippen molar-refractivity contribution in [1.82, 2.24) is 10.2 Å². The van der Waals surface area contributed by atoms with Crippen molar-refractivity contribution in [3.05, 3.63) is 95.1 Å². The van der Waals surface area contributed by atoms with Crippen LogP contribution in [0.4, 0.5) is 11.4 Å². The van der Waals surface area contributed by atoms with Gasteiger partial charge in [0.15, 0.2) is 6.23 Å². The van der Waals surface area contributed by atoms with E-state index in [1.165, 1.54) is 12.0 Å². The highest BCUT2D eigenvalue weighted by atomic mass is 16.3. The van der Waals surface area contributed by atoms with Gasteiger partial charge < -0.3 is 15.3 Å². The lowest BCUT2D eigenvalue weighted by molar-refractivity contribution is -0.115. The van der Waals surface area contributed by atoms with Crippen LogP contribution >= 0.6 is 0 Å². The third-order valence-corrected chi connectivity index (χ3v) is 6.76. The molecule has 0 radical (unpaired) electrons. The smallest absolute Gasteiger partial charge is 0.238 e. The lowest BCUT2D eigenvalue weighted by Crippen LogP contribution is -2.41. The van der Waals surface area contributed by atoms with Crippen LogP contribution in [0.2, 0.25) is 0 Å². The Morgan fingerprint density at radius 1 is 1.11 bits per heavy atom. The Morgan fingerprint density at radius 2 is 1.86 bits per heavy atom. The van der Waals surface area contributed by atoms with Crippen LogP contribution in [0.15, 0.2) is 77.8 Å². The number of benzene rings is 3. The number of anilines is 1. The molecule has 0 aromatic heterocycles. The molecule has 0 saturated heterocycles. The molecule has 3 N–H and O–H groups in total. The van der Waals surface area contributed by atoms with Crippen LogP contribution in [-0.2, 0) is 11.3 Å². The molecule has 1 fully saturated rings. The molecule has 1 saturated carbocycles. The Labute approximate surface area is 218 Å². The molecule has 5 rings (SSSR count). The quantitative estimate of drug-likeness (QED) is 0.259. The second kappa shape index (κ2) is 11.1. The van der Waals surface area contributed by atoms with E-state index in [1.54, 1.807) is 0 Å². The summed E-state index contributed by atoms with van der Waals surface area (Å²) in [5.74, 6) is 5.25. The summed E-state index contributed by atoms with van der Waals surface area (Å²) in [7, 11) is 4.09. The number of aliphatic imine (C=N–C) groups is 1. The topological polar surface area (TPSA) is 77.0 Å². The molecular formula is C31H32N4O2. The molecule has 2 aliphatic rings. The summed E-state index contributed by atoms with van der Waals surface area (Å²) in [6.45, 7) is 0.854. The number of fused-ring (bicyclic) bond motifs is 1. The van der Waals surface area contributed by atoms with E-state index >= 15 is 0 Å². The fourth-order valence-electron chi connectivity index (χ4n) is 4.69. The summed E-state index contributed by atoms with van der Waals surface area (Å²) >= 11 is 0. The Kier molecular flexibility index (Phi) is 7.47. The summed E-state index contributed by atoms with van der Waals surface area (Å²) < 4.78 is 0. The van der Waals surface area contributed by atoms with E-state index < -0.39 is 12.1 Å². The van der Waals surface area contributed by atoms with Crippen molar-refractivity contribution in [2.75, 3.05) is 19.4 Å². The second-order valence-corrected chi connectivity index (χ2v) is 9.96. The van der Waals surface area contributed by atoms with Gasteiger partial charge in [0.2, 0.25) is 5.91 Å². The lowest BCUT2D eigenvalue weighted by Gasteiger charge is -2.27. The van der Waals surface area contributed by atoms with E-state index in [0.717, 1.165) is 47.5 Å². The maximum absolute atomic E-state index is 13.3. The van der Waals surface area contributed by atoms with Crippen molar-refractivity contribution in [2.45, 2.75) is 44.0 Å². The van der Waals surface area contributed by atoms with Crippen LogP contribution in [0, 0.1) is 11.8 Å². The van der Waals surface area contributed by atoms with Crippen LogP contribution in [0.1, 0.15) is 47.4 Å². The van der Waals surface area contributed by atoms with Gasteiger partial charge in [-0.25, -0.2) is 0 Å². The highest BCUT2D eigenvalue weighted by molar-refractivity contribution is 6.24. The van der Waals surface area contributed by atoms with Crippen molar-refractivity contribution in [1.29, 1.82) is 0 Å². The summed E-state index contributed by atoms with van der Waals surface area (Å²) in [5, 5.41) is 16.3. The molecule has 0 bridgehead atoms. The molecule has 1 heterocycles. The van der Waals surface area contributed by atoms with Gasteiger partial charge in [-0.3, -0.25) is 15.1 Å². The number of nitrogens with one attached hydrogen (secondary N) is 2. The highest BCUT2D eigenvalue weighted by Crippen LogP contribution is 2.37. The molecule has 2 unspecified atom stereocenters. The zero-order valence-corrected chi connectivity index (χ0v) is 21.2. The predicted octanol–water partition coefficient (Wildman–Crippen LogP) is 4.42. The van der Waals surface area contributed by atoms with E-state index in [9.17, 15) is 9.90 Å². The van der Waals surface area contributed by atoms with E-state index in [2.05, 4.69) is 39.5 Å². The minimum atomic E-state index is -0.859. The Morgan fingerprint density at radius 3 is 2.54 bits per heavy atom. The van der Waals surface area contributed by atoms with Gasteiger partial charge in [-0.15, -0.1) is 0 Å². The van der Waals surface area contributed by atoms with Gasteiger partial charge in [0.25, 0.3) is 0 Å². The molecule has 1 amide bonds. The van der Waals surface area contributed by atoms with Gasteiger partial charge in [-0.1, -0.05) is 60.9 Å². The number of aliphatic hydroxyl groups is 1. The lowest BCUT2D eigenvalue weighted by atomic mass is 9.90. The van der Waals surface area contributed by atoms with E-state index in [4.69, 9.17) is 4.99 Å². The third-order valence-electron chi connectivity index (χ3n) is 6.76. The fourth-order valence-corrected chi connectivity index (χ4v) is 4.69. The van der Waals surface area contributed by atoms with Crippen LogP contribution in [0.5, 0.6) is 0 Å². The van der Waals surface area contributed by atoms with Crippen molar-refractivity contribution < 1.29 is 9.90 Å². The van der Waals surface area contributed by atoms with Crippen molar-refractivity contribution in [3.8, 4) is 11.8 Å². The molecule has 188 valence electrons. The van der Waals surface area contributed by atoms with Crippen molar-refractivity contribution >= 4 is 23.0 Å². The van der Waals surface area contributed by atoms with Gasteiger partial charge in [-0.2, -0.15) is 0 Å². The monoisotopic (exact) mass is 492 g/mol. The van der Waals surface area contributed by atoms with Gasteiger partial charge >= 0.3 is 0 Å². The van der Waals surface area contributed by atoms with E-state index in [-0.39, 0.29) is 5.91 Å². The molecule has 6 nitrogen and oxygen atoms in total. The largest absolute Gasteiger partial charge is 0.367 e. The summed E-state index contributed by atoms with van der Waals surface area (Å²) in [6, 6.07) is 24.0. The average Bonchev–Trinajstić information content (AvgIpc) is 3.19. The molecule has 0 spiro atoms. The van der Waals surface area contributed by atoms with Gasteiger partial charge in [0.1, 0.15) is 5.92 Å². The second-order valence-electron chi connectivity index (χ2n) is 9.96. The molecule has 1 aliphatic heterocycles. The zero-order valence-electron chi connectivity index (χ0n) is 21.2. The Bertz CT molecular complexity index is 1350. The number of carbonyl (C=O) groups is 1. The van der Waals surface area contributed by atoms with Gasteiger partial charge in [-0.05, 0) is 73.8 Å². The van der Waals surface area contributed by atoms with Crippen LogP contribution in [-0.4, -0.2) is 48.0 Å². The first-order chi connectivity index (χ1) is 18.0. The van der Waals surface area contributed by atoms with E-state index in [1.807, 2.05) is 74.8 Å². The summed E-state index contributed by atoms with van der Waals surface area (Å²) in [4.78, 5) is 20.4. The molecule has 1 aliphatic carbocycles. The van der Waals surface area contributed by atoms with Crippen LogP contribution in [0.25, 0.3) is 0 Å². The minimum Gasteiger partial charge on any atom is -0.367 e. The first kappa shape index (κ1) is 24.9. The molecular weight excluding hydrogens is 460 g/mol. The number of amides is 1. The van der Waals surface area contributed by atoms with E-state index in [0.29, 0.717) is 11.8 Å². The SMILES string of the molecule is CN(C)Cc1ccc(N=C(c2ccccc2)C2C(=O)Nc3cc(C#CC(O)NC4CCC4)ccc32)cc1. The van der Waals surface area contributed by atoms with Crippen LogP contribution < -0.4 is 10.6 Å². The number of nitrogens with zero attached hydrogens (tertiary/aromatic N) is 2. The first-order valence-electron chi connectivity index (χ1n) is 12.7. The minimum absolute atomic E-state index is 0.112. The molecule has 37 heavy (non-hydrogen) atoms. The van der Waals surface area contributed by atoms with Crippen LogP contribution in [0.3, 0.4) is 0 Å². The number of hydrogen-bond donors (Lipinski definition) is 3. The third kappa shape index (κ3) is 5.98. The standard InChI is InChI=1S/C31H32N4O2/c1-35(2)20-22-11-15-25(16-12-22)33-30(23-7-4-3-5-8-23)29-26-17-13-21(19-27(26)34-31(29)37)14-18-28(36)32-24-9-6-10-24/h3-5,7-8,11-13,15-17,19,24,28-29,32,36H,6,9-10,20H2,1-2H3,(H,34,37). The maximum atomic E-state index is 13.3. The van der Waals surface area contributed by atoms with Crippen molar-refractivity contribution in [2.24, 2.45) is 4.99 Å². The Balaban J connectivity index is 1.44. The fraction of sp³-hybridized carbons (Fsp3) is 0.290. The highest BCUT2D eigenvalue weighted by Gasteiger charge is 2.35. The summed E-state index contributed by atoms with van der Waals surface area (Å²) in [5.41, 5.74) is 5.96. The first-order valence-corrected chi connectivity index (χ1v) is 12.7. The molecule has 2 atom stereocenters. The number of carbonyl (C=O) groups excluding carboxylic acids is 1. The molecule has 3 aromatic rings.